The van der Waals surface area contributed by atoms with Crippen LogP contribution in [-0.4, -0.2) is 90.9 Å². The number of fused-ring (bicyclic) bond motifs is 4. The average molecular weight is 618 g/mol. The van der Waals surface area contributed by atoms with E-state index in [-0.39, 0.29) is 40.8 Å². The fourth-order valence-electron chi connectivity index (χ4n) is 13.7. The molecule has 2 heterocycles. The molecule has 2 N–H and O–H groups in total. The normalized spacial score (nSPS) is 53.9. The third-order valence-electron chi connectivity index (χ3n) is 15.7. The van der Waals surface area contributed by atoms with Crippen LogP contribution in [0.5, 0.6) is 0 Å². The smallest absolute Gasteiger partial charge is 0.170 e. The van der Waals surface area contributed by atoms with E-state index in [9.17, 15) is 10.2 Å². The van der Waals surface area contributed by atoms with Gasteiger partial charge in [0.25, 0.3) is 0 Å². The zero-order valence-electron chi connectivity index (χ0n) is 29.2. The summed E-state index contributed by atoms with van der Waals surface area (Å²) >= 11 is 0. The molecule has 14 unspecified atom stereocenters. The van der Waals surface area contributed by atoms with Crippen LogP contribution in [0.15, 0.2) is 0 Å². The number of aliphatic hydroxyl groups is 2. The van der Waals surface area contributed by atoms with Gasteiger partial charge in [0.15, 0.2) is 6.29 Å². The third-order valence-corrected chi connectivity index (χ3v) is 15.7. The lowest BCUT2D eigenvalue weighted by molar-refractivity contribution is -0.247. The van der Waals surface area contributed by atoms with Gasteiger partial charge in [0.05, 0.1) is 36.6 Å². The fourth-order valence-corrected chi connectivity index (χ4v) is 13.7. The molecule has 0 radical (unpaired) electrons. The van der Waals surface area contributed by atoms with Crippen molar-refractivity contribution in [1.82, 2.24) is 4.90 Å². The Hall–Kier alpha value is -0.280. The van der Waals surface area contributed by atoms with Gasteiger partial charge in [-0.15, -0.1) is 0 Å². The highest BCUT2D eigenvalue weighted by atomic mass is 16.7. The molecule has 7 fully saturated rings. The SMILES string of the molecule is CCOC(C1CC(C)C2C(O1)C(O)C1(C)C3CCC4C(C)(C)C(OC5CN(C)CCO5)CCC45CC35CCC21C)C(C)(C)O. The number of rotatable bonds is 6. The van der Waals surface area contributed by atoms with Crippen LogP contribution in [0, 0.1) is 50.7 Å². The Labute approximate surface area is 267 Å². The Balaban J connectivity index is 1.15. The summed E-state index contributed by atoms with van der Waals surface area (Å²) in [4.78, 5) is 2.32. The van der Waals surface area contributed by atoms with Crippen molar-refractivity contribution in [2.75, 3.05) is 33.4 Å². The van der Waals surface area contributed by atoms with Gasteiger partial charge in [-0.3, -0.25) is 4.90 Å². The predicted molar refractivity (Wildman–Crippen MR) is 170 cm³/mol. The van der Waals surface area contributed by atoms with Crippen molar-refractivity contribution in [3.05, 3.63) is 0 Å². The minimum absolute atomic E-state index is 0.0318. The lowest BCUT2D eigenvalue weighted by Crippen LogP contribution is -2.60. The molecule has 7 nitrogen and oxygen atoms in total. The number of morpholine rings is 1. The van der Waals surface area contributed by atoms with Crippen LogP contribution in [0.2, 0.25) is 0 Å². The molecule has 7 rings (SSSR count). The van der Waals surface area contributed by atoms with Gasteiger partial charge in [-0.2, -0.15) is 0 Å². The fraction of sp³-hybridized carbons (Fsp3) is 1.00. The lowest BCUT2D eigenvalue weighted by atomic mass is 9.41. The Morgan fingerprint density at radius 3 is 2.41 bits per heavy atom. The van der Waals surface area contributed by atoms with Crippen LogP contribution in [0.4, 0.5) is 0 Å². The van der Waals surface area contributed by atoms with Crippen molar-refractivity contribution in [3.8, 4) is 0 Å². The monoisotopic (exact) mass is 617 g/mol. The van der Waals surface area contributed by atoms with E-state index < -0.39 is 17.8 Å². The van der Waals surface area contributed by atoms with Gasteiger partial charge in [0, 0.05) is 25.1 Å². The highest BCUT2D eigenvalue weighted by Gasteiger charge is 2.84. The summed E-state index contributed by atoms with van der Waals surface area (Å²) in [5.41, 5.74) is -0.361. The first kappa shape index (κ1) is 32.3. The summed E-state index contributed by atoms with van der Waals surface area (Å²) in [5, 5.41) is 23.6. The zero-order valence-corrected chi connectivity index (χ0v) is 29.2. The van der Waals surface area contributed by atoms with E-state index in [0.717, 1.165) is 32.5 Å². The molecule has 14 atom stereocenters. The molecular weight excluding hydrogens is 554 g/mol. The number of ether oxygens (including phenoxy) is 4. The predicted octanol–water partition coefficient (Wildman–Crippen LogP) is 5.65. The standard InChI is InChI=1S/C37H63NO6/c1-10-41-31(33(5,6)40)23-19-22(2)28-29(43-23)30(39)35(8)25-12-11-24-32(3,4)26(44-27-20-38(9)17-18-42-27)13-14-36(24)21-37(25,36)16-15-34(28,35)7/h22-31,39-40H,10-21H2,1-9H3. The van der Waals surface area contributed by atoms with E-state index >= 15 is 0 Å². The van der Waals surface area contributed by atoms with E-state index in [0.29, 0.717) is 41.1 Å². The van der Waals surface area contributed by atoms with E-state index in [1.807, 2.05) is 20.8 Å². The molecule has 2 saturated heterocycles. The highest BCUT2D eigenvalue weighted by molar-refractivity contribution is 5.33. The minimum atomic E-state index is -1.01. The van der Waals surface area contributed by atoms with Gasteiger partial charge in [-0.05, 0) is 125 Å². The second-order valence-corrected chi connectivity index (χ2v) is 18.3. The van der Waals surface area contributed by atoms with Crippen molar-refractivity contribution in [1.29, 1.82) is 0 Å². The number of hydrogen-bond donors (Lipinski definition) is 2. The van der Waals surface area contributed by atoms with Gasteiger partial charge in [0.1, 0.15) is 6.10 Å². The molecule has 0 aromatic rings. The molecule has 7 heteroatoms. The molecule has 0 aromatic carbocycles. The van der Waals surface area contributed by atoms with Crippen molar-refractivity contribution in [3.63, 3.8) is 0 Å². The molecule has 44 heavy (non-hydrogen) atoms. The summed E-state index contributed by atoms with van der Waals surface area (Å²) in [5.74, 6) is 1.89. The molecule has 0 aromatic heterocycles. The summed E-state index contributed by atoms with van der Waals surface area (Å²) in [7, 11) is 2.16. The van der Waals surface area contributed by atoms with Gasteiger partial charge < -0.3 is 29.2 Å². The van der Waals surface area contributed by atoms with E-state index in [4.69, 9.17) is 18.9 Å². The quantitative estimate of drug-likeness (QED) is 0.399. The first-order valence-corrected chi connectivity index (χ1v) is 18.2. The summed E-state index contributed by atoms with van der Waals surface area (Å²) in [6.45, 7) is 21.1. The number of likely N-dealkylation sites (N-methyl/N-ethyl adjacent to an activating group) is 1. The Morgan fingerprint density at radius 2 is 1.73 bits per heavy atom. The molecule has 2 aliphatic heterocycles. The summed E-state index contributed by atoms with van der Waals surface area (Å²) in [6, 6.07) is 0. The molecular formula is C37H63NO6. The second-order valence-electron chi connectivity index (χ2n) is 18.3. The first-order chi connectivity index (χ1) is 20.6. The van der Waals surface area contributed by atoms with Crippen LogP contribution >= 0.6 is 0 Å². The van der Waals surface area contributed by atoms with E-state index in [1.165, 1.54) is 38.5 Å². The van der Waals surface area contributed by atoms with Gasteiger partial charge >= 0.3 is 0 Å². The number of aliphatic hydroxyl groups excluding tert-OH is 1. The van der Waals surface area contributed by atoms with Crippen LogP contribution < -0.4 is 0 Å². The highest BCUT2D eigenvalue weighted by Crippen LogP contribution is 2.89. The number of hydrogen-bond acceptors (Lipinski definition) is 7. The van der Waals surface area contributed by atoms with Crippen LogP contribution in [0.3, 0.4) is 0 Å². The van der Waals surface area contributed by atoms with Crippen LogP contribution in [0.1, 0.15) is 107 Å². The molecule has 5 aliphatic carbocycles. The maximum Gasteiger partial charge on any atom is 0.170 e. The molecule has 7 aliphatic rings. The Kier molecular flexibility index (Phi) is 7.60. The maximum atomic E-state index is 12.5. The third kappa shape index (κ3) is 4.18. The van der Waals surface area contributed by atoms with Crippen molar-refractivity contribution >= 4 is 0 Å². The average Bonchev–Trinajstić information content (AvgIpc) is 3.57. The Morgan fingerprint density at radius 1 is 1.02 bits per heavy atom. The number of nitrogens with zero attached hydrogens (tertiary/aromatic N) is 1. The van der Waals surface area contributed by atoms with Crippen molar-refractivity contribution in [2.45, 2.75) is 149 Å². The summed E-state index contributed by atoms with van der Waals surface area (Å²) in [6.07, 6.45) is 8.21. The molecule has 2 spiro atoms. The second kappa shape index (κ2) is 10.4. The van der Waals surface area contributed by atoms with E-state index in [1.54, 1.807) is 0 Å². The molecule has 5 saturated carbocycles. The maximum absolute atomic E-state index is 12.5. The van der Waals surface area contributed by atoms with Crippen LogP contribution in [0.25, 0.3) is 0 Å². The van der Waals surface area contributed by atoms with Gasteiger partial charge in [0.2, 0.25) is 0 Å². The van der Waals surface area contributed by atoms with Crippen LogP contribution in [-0.2, 0) is 18.9 Å². The van der Waals surface area contributed by atoms with Crippen molar-refractivity contribution < 1.29 is 29.2 Å². The van der Waals surface area contributed by atoms with E-state index in [2.05, 4.69) is 46.6 Å². The van der Waals surface area contributed by atoms with Crippen molar-refractivity contribution in [2.24, 2.45) is 50.7 Å². The lowest BCUT2D eigenvalue weighted by Gasteiger charge is -2.64. The summed E-state index contributed by atoms with van der Waals surface area (Å²) < 4.78 is 25.9. The van der Waals surface area contributed by atoms with Gasteiger partial charge in [-0.25, -0.2) is 0 Å². The largest absolute Gasteiger partial charge is 0.390 e. The van der Waals surface area contributed by atoms with Gasteiger partial charge in [-0.1, -0.05) is 34.6 Å². The molecule has 252 valence electrons. The molecule has 0 amide bonds. The first-order valence-electron chi connectivity index (χ1n) is 18.2. The Bertz CT molecular complexity index is 1110. The minimum Gasteiger partial charge on any atom is -0.390 e. The molecule has 0 bridgehead atoms. The zero-order chi connectivity index (χ0) is 31.7. The topological polar surface area (TPSA) is 80.6 Å².